The van der Waals surface area contributed by atoms with E-state index in [4.69, 9.17) is 4.42 Å². The molecule has 1 heterocycles. The van der Waals surface area contributed by atoms with Gasteiger partial charge in [0, 0.05) is 24.1 Å². The molecule has 1 aromatic carbocycles. The van der Waals surface area contributed by atoms with Crippen LogP contribution >= 0.6 is 0 Å². The first-order chi connectivity index (χ1) is 10.1. The van der Waals surface area contributed by atoms with Gasteiger partial charge in [0.05, 0.1) is 11.5 Å². The molecule has 110 valence electrons. The van der Waals surface area contributed by atoms with E-state index in [-0.39, 0.29) is 10.6 Å². The van der Waals surface area contributed by atoms with Gasteiger partial charge in [0.25, 0.3) is 5.69 Å². The molecule has 2 unspecified atom stereocenters. The standard InChI is InChI=1S/C16H18N2O3/c1-11-8-14(11)16-7-6-13(21-16)10-17-9-12-4-2-3-5-15(12)18(19)20/h2-7,11,14,17H,8-10H2,1H3. The van der Waals surface area contributed by atoms with Crippen LogP contribution in [-0.2, 0) is 13.1 Å². The molecule has 1 aromatic heterocycles. The quantitative estimate of drug-likeness (QED) is 0.650. The summed E-state index contributed by atoms with van der Waals surface area (Å²) in [5.41, 5.74) is 0.835. The topological polar surface area (TPSA) is 68.3 Å². The van der Waals surface area contributed by atoms with Crippen LogP contribution in [-0.4, -0.2) is 4.92 Å². The average Bonchev–Trinajstić information content (AvgIpc) is 3.01. The zero-order valence-electron chi connectivity index (χ0n) is 11.9. The molecule has 1 saturated carbocycles. The number of hydrogen-bond acceptors (Lipinski definition) is 4. The zero-order valence-corrected chi connectivity index (χ0v) is 11.9. The molecule has 0 bridgehead atoms. The molecule has 5 heteroatoms. The first-order valence-corrected chi connectivity index (χ1v) is 7.17. The Morgan fingerprint density at radius 1 is 1.29 bits per heavy atom. The summed E-state index contributed by atoms with van der Waals surface area (Å²) in [4.78, 5) is 10.6. The smallest absolute Gasteiger partial charge is 0.273 e. The Morgan fingerprint density at radius 3 is 2.76 bits per heavy atom. The monoisotopic (exact) mass is 286 g/mol. The lowest BCUT2D eigenvalue weighted by molar-refractivity contribution is -0.385. The van der Waals surface area contributed by atoms with Gasteiger partial charge in [-0.05, 0) is 24.5 Å². The second-order valence-electron chi connectivity index (χ2n) is 5.61. The van der Waals surface area contributed by atoms with E-state index in [1.54, 1.807) is 12.1 Å². The van der Waals surface area contributed by atoms with Crippen LogP contribution < -0.4 is 5.32 Å². The van der Waals surface area contributed by atoms with Crippen molar-refractivity contribution in [3.8, 4) is 0 Å². The van der Waals surface area contributed by atoms with Gasteiger partial charge in [-0.15, -0.1) is 0 Å². The molecule has 0 radical (unpaired) electrons. The van der Waals surface area contributed by atoms with Crippen LogP contribution in [0.2, 0.25) is 0 Å². The van der Waals surface area contributed by atoms with Crippen molar-refractivity contribution in [2.24, 2.45) is 5.92 Å². The van der Waals surface area contributed by atoms with Gasteiger partial charge in [-0.25, -0.2) is 0 Å². The van der Waals surface area contributed by atoms with Gasteiger partial charge in [0.15, 0.2) is 0 Å². The number of nitrogens with one attached hydrogen (secondary N) is 1. The van der Waals surface area contributed by atoms with Crippen LogP contribution in [0.5, 0.6) is 0 Å². The van der Waals surface area contributed by atoms with Crippen molar-refractivity contribution in [3.05, 3.63) is 63.6 Å². The van der Waals surface area contributed by atoms with Gasteiger partial charge in [-0.1, -0.05) is 25.1 Å². The molecule has 1 aliphatic rings. The molecule has 21 heavy (non-hydrogen) atoms. The van der Waals surface area contributed by atoms with E-state index >= 15 is 0 Å². The molecule has 0 amide bonds. The summed E-state index contributed by atoms with van der Waals surface area (Å²) in [6, 6.07) is 10.8. The molecular weight excluding hydrogens is 268 g/mol. The molecule has 0 spiro atoms. The minimum Gasteiger partial charge on any atom is -0.464 e. The van der Waals surface area contributed by atoms with Crippen LogP contribution in [0.4, 0.5) is 5.69 Å². The van der Waals surface area contributed by atoms with Gasteiger partial charge >= 0.3 is 0 Å². The third-order valence-corrected chi connectivity index (χ3v) is 3.96. The van der Waals surface area contributed by atoms with E-state index in [2.05, 4.69) is 12.2 Å². The predicted octanol–water partition coefficient (Wildman–Crippen LogP) is 3.60. The van der Waals surface area contributed by atoms with Crippen molar-refractivity contribution >= 4 is 5.69 Å². The zero-order chi connectivity index (χ0) is 14.8. The van der Waals surface area contributed by atoms with Gasteiger partial charge in [-0.3, -0.25) is 10.1 Å². The normalized spacial score (nSPS) is 20.4. The number of nitro benzene ring substituents is 1. The highest BCUT2D eigenvalue weighted by Gasteiger charge is 2.36. The van der Waals surface area contributed by atoms with Gasteiger partial charge < -0.3 is 9.73 Å². The molecular formula is C16H18N2O3. The van der Waals surface area contributed by atoms with Crippen LogP contribution in [0.15, 0.2) is 40.8 Å². The Morgan fingerprint density at radius 2 is 2.05 bits per heavy atom. The SMILES string of the molecule is CC1CC1c1ccc(CNCc2ccccc2[N+](=O)[O-])o1. The van der Waals surface area contributed by atoms with Crippen molar-refractivity contribution in [1.29, 1.82) is 0 Å². The first-order valence-electron chi connectivity index (χ1n) is 7.17. The largest absolute Gasteiger partial charge is 0.464 e. The maximum atomic E-state index is 10.9. The summed E-state index contributed by atoms with van der Waals surface area (Å²) in [5.74, 6) is 3.24. The molecule has 2 aromatic rings. The summed E-state index contributed by atoms with van der Waals surface area (Å²) < 4.78 is 5.80. The average molecular weight is 286 g/mol. The third kappa shape index (κ3) is 3.13. The second-order valence-corrected chi connectivity index (χ2v) is 5.61. The summed E-state index contributed by atoms with van der Waals surface area (Å²) in [6.07, 6.45) is 1.20. The van der Waals surface area contributed by atoms with Gasteiger partial charge in [0.2, 0.25) is 0 Å². The Labute approximate surface area is 123 Å². The van der Waals surface area contributed by atoms with Crippen LogP contribution in [0.25, 0.3) is 0 Å². The third-order valence-electron chi connectivity index (χ3n) is 3.96. The maximum Gasteiger partial charge on any atom is 0.273 e. The predicted molar refractivity (Wildman–Crippen MR) is 78.9 cm³/mol. The second kappa shape index (κ2) is 5.69. The molecule has 5 nitrogen and oxygen atoms in total. The van der Waals surface area contributed by atoms with E-state index in [0.717, 1.165) is 17.4 Å². The molecule has 1 N–H and O–H groups in total. The minimum absolute atomic E-state index is 0.150. The van der Waals surface area contributed by atoms with Crippen molar-refractivity contribution in [1.82, 2.24) is 5.32 Å². The molecule has 0 aliphatic heterocycles. The lowest BCUT2D eigenvalue weighted by atomic mass is 10.2. The first kappa shape index (κ1) is 13.8. The summed E-state index contributed by atoms with van der Waals surface area (Å²) in [6.45, 7) is 3.25. The molecule has 1 aliphatic carbocycles. The molecule has 3 rings (SSSR count). The summed E-state index contributed by atoms with van der Waals surface area (Å²) in [5, 5.41) is 14.1. The van der Waals surface area contributed by atoms with Gasteiger partial charge in [-0.2, -0.15) is 0 Å². The Bertz CT molecular complexity index is 650. The lowest BCUT2D eigenvalue weighted by Crippen LogP contribution is -2.13. The highest BCUT2D eigenvalue weighted by atomic mass is 16.6. The number of benzene rings is 1. The highest BCUT2D eigenvalue weighted by molar-refractivity contribution is 5.39. The summed E-state index contributed by atoms with van der Waals surface area (Å²) >= 11 is 0. The fourth-order valence-corrected chi connectivity index (χ4v) is 2.57. The van der Waals surface area contributed by atoms with Crippen molar-refractivity contribution in [3.63, 3.8) is 0 Å². The Balaban J connectivity index is 1.56. The van der Waals surface area contributed by atoms with E-state index in [1.807, 2.05) is 18.2 Å². The van der Waals surface area contributed by atoms with Crippen LogP contribution in [0.3, 0.4) is 0 Å². The highest BCUT2D eigenvalue weighted by Crippen LogP contribution is 2.47. The molecule has 1 fully saturated rings. The van der Waals surface area contributed by atoms with Crippen molar-refractivity contribution in [2.75, 3.05) is 0 Å². The van der Waals surface area contributed by atoms with E-state index in [9.17, 15) is 10.1 Å². The van der Waals surface area contributed by atoms with Crippen molar-refractivity contribution < 1.29 is 9.34 Å². The van der Waals surface area contributed by atoms with E-state index < -0.39 is 0 Å². The number of rotatable bonds is 6. The number of furan rings is 1. The number of hydrogen-bond donors (Lipinski definition) is 1. The van der Waals surface area contributed by atoms with Gasteiger partial charge in [0.1, 0.15) is 11.5 Å². The summed E-state index contributed by atoms with van der Waals surface area (Å²) in [7, 11) is 0. The van der Waals surface area contributed by atoms with E-state index in [0.29, 0.717) is 24.6 Å². The minimum atomic E-state index is -0.351. The van der Waals surface area contributed by atoms with Crippen LogP contribution in [0, 0.1) is 16.0 Å². The lowest BCUT2D eigenvalue weighted by Gasteiger charge is -2.04. The fraction of sp³-hybridized carbons (Fsp3) is 0.375. The Hall–Kier alpha value is -2.14. The Kier molecular flexibility index (Phi) is 3.75. The number of para-hydroxylation sites is 1. The molecule has 2 atom stereocenters. The number of nitro groups is 1. The van der Waals surface area contributed by atoms with E-state index in [1.165, 1.54) is 12.5 Å². The maximum absolute atomic E-state index is 10.9. The van der Waals surface area contributed by atoms with Crippen LogP contribution in [0.1, 0.15) is 36.3 Å². The van der Waals surface area contributed by atoms with Crippen molar-refractivity contribution in [2.45, 2.75) is 32.4 Å². The number of nitrogens with zero attached hydrogens (tertiary/aromatic N) is 1. The fourth-order valence-electron chi connectivity index (χ4n) is 2.57. The molecule has 0 saturated heterocycles.